The summed E-state index contributed by atoms with van der Waals surface area (Å²) in [6.07, 6.45) is 9.86. The average molecular weight is 347 g/mol. The van der Waals surface area contributed by atoms with E-state index < -0.39 is 0 Å². The van der Waals surface area contributed by atoms with E-state index in [2.05, 4.69) is 46.7 Å². The van der Waals surface area contributed by atoms with E-state index in [-0.39, 0.29) is 11.6 Å². The Balaban J connectivity index is 1.63. The van der Waals surface area contributed by atoms with Crippen LogP contribution in [0.4, 0.5) is 0 Å². The van der Waals surface area contributed by atoms with Gasteiger partial charge in [0.15, 0.2) is 0 Å². The van der Waals surface area contributed by atoms with E-state index in [0.717, 1.165) is 42.7 Å². The summed E-state index contributed by atoms with van der Waals surface area (Å²) in [5, 5.41) is 13.3. The maximum Gasteiger partial charge on any atom is 0.266 e. The first-order valence-corrected chi connectivity index (χ1v) is 9.72. The van der Waals surface area contributed by atoms with Crippen molar-refractivity contribution < 1.29 is 0 Å². The van der Waals surface area contributed by atoms with Crippen molar-refractivity contribution >= 4 is 0 Å². The third-order valence-corrected chi connectivity index (χ3v) is 6.04. The van der Waals surface area contributed by atoms with Gasteiger partial charge in [0.1, 0.15) is 11.6 Å². The maximum absolute atomic E-state index is 12.0. The fraction of sp³-hybridized carbons (Fsp3) is 0.455. The molecule has 1 fully saturated rings. The number of nitriles is 1. The Morgan fingerprint density at radius 1 is 1.19 bits per heavy atom. The highest BCUT2D eigenvalue weighted by molar-refractivity contribution is 5.43. The fourth-order valence-corrected chi connectivity index (χ4v) is 4.38. The molecule has 2 aromatic rings. The standard InChI is InChI=1S/C22H25N3O/c23-13-18-17-10-5-11-20(19(17)14-24-22(18)26)25-21(12-15-6-4-7-15)16-8-2-1-3-9-16/h1-3,8-9,14-15,20-21,25H,4-7,10-12H2,(H,24,26). The van der Waals surface area contributed by atoms with Crippen LogP contribution in [0.1, 0.15) is 72.9 Å². The molecule has 2 unspecified atom stereocenters. The SMILES string of the molecule is N#Cc1c2c(c[nH]c1=O)C(NC(CC1CCC1)c1ccccc1)CCC2. The first kappa shape index (κ1) is 17.1. The third kappa shape index (κ3) is 3.32. The summed E-state index contributed by atoms with van der Waals surface area (Å²) in [4.78, 5) is 14.7. The summed E-state index contributed by atoms with van der Waals surface area (Å²) in [7, 11) is 0. The second-order valence-electron chi connectivity index (χ2n) is 7.65. The molecule has 2 aliphatic rings. The van der Waals surface area contributed by atoms with Crippen LogP contribution in [-0.2, 0) is 6.42 Å². The largest absolute Gasteiger partial charge is 0.328 e. The molecule has 1 saturated carbocycles. The van der Waals surface area contributed by atoms with Crippen molar-refractivity contribution in [1.82, 2.24) is 10.3 Å². The number of hydrogen-bond acceptors (Lipinski definition) is 3. The first-order chi connectivity index (χ1) is 12.8. The van der Waals surface area contributed by atoms with E-state index in [1.165, 1.54) is 24.8 Å². The van der Waals surface area contributed by atoms with Crippen LogP contribution in [0.5, 0.6) is 0 Å². The molecule has 0 amide bonds. The number of nitrogens with one attached hydrogen (secondary N) is 2. The van der Waals surface area contributed by atoms with E-state index in [9.17, 15) is 10.1 Å². The molecule has 134 valence electrons. The molecular formula is C22H25N3O. The van der Waals surface area contributed by atoms with Gasteiger partial charge in [-0.3, -0.25) is 4.79 Å². The van der Waals surface area contributed by atoms with Gasteiger partial charge in [-0.05, 0) is 48.3 Å². The predicted octanol–water partition coefficient (Wildman–Crippen LogP) is 4.15. The number of rotatable bonds is 5. The molecule has 2 aliphatic carbocycles. The Morgan fingerprint density at radius 3 is 2.69 bits per heavy atom. The van der Waals surface area contributed by atoms with Crippen molar-refractivity contribution in [2.75, 3.05) is 0 Å². The maximum atomic E-state index is 12.0. The monoisotopic (exact) mass is 347 g/mol. The van der Waals surface area contributed by atoms with Crippen molar-refractivity contribution in [2.24, 2.45) is 5.92 Å². The molecule has 0 aliphatic heterocycles. The summed E-state index contributed by atoms with van der Waals surface area (Å²) in [5.41, 5.74) is 3.40. The second kappa shape index (κ2) is 7.47. The highest BCUT2D eigenvalue weighted by atomic mass is 16.1. The molecule has 4 rings (SSSR count). The van der Waals surface area contributed by atoms with Crippen LogP contribution in [0, 0.1) is 17.2 Å². The van der Waals surface area contributed by atoms with Crippen LogP contribution < -0.4 is 10.9 Å². The minimum Gasteiger partial charge on any atom is -0.328 e. The number of benzene rings is 1. The zero-order chi connectivity index (χ0) is 17.9. The molecular weight excluding hydrogens is 322 g/mol. The first-order valence-electron chi connectivity index (χ1n) is 9.72. The second-order valence-corrected chi connectivity index (χ2v) is 7.65. The van der Waals surface area contributed by atoms with E-state index in [1.807, 2.05) is 6.20 Å². The highest BCUT2D eigenvalue weighted by Crippen LogP contribution is 2.38. The van der Waals surface area contributed by atoms with E-state index >= 15 is 0 Å². The van der Waals surface area contributed by atoms with Gasteiger partial charge in [0.05, 0.1) is 0 Å². The van der Waals surface area contributed by atoms with Gasteiger partial charge in [0.2, 0.25) is 0 Å². The van der Waals surface area contributed by atoms with Gasteiger partial charge in [0.25, 0.3) is 5.56 Å². The van der Waals surface area contributed by atoms with Crippen LogP contribution in [0.25, 0.3) is 0 Å². The molecule has 26 heavy (non-hydrogen) atoms. The summed E-state index contributed by atoms with van der Waals surface area (Å²) in [6, 6.07) is 13.3. The number of aromatic amines is 1. The molecule has 4 nitrogen and oxygen atoms in total. The van der Waals surface area contributed by atoms with Gasteiger partial charge in [-0.2, -0.15) is 5.26 Å². The Kier molecular flexibility index (Phi) is 4.90. The Hall–Kier alpha value is -2.38. The van der Waals surface area contributed by atoms with Crippen LogP contribution >= 0.6 is 0 Å². The number of pyridine rings is 1. The van der Waals surface area contributed by atoms with Crippen LogP contribution in [0.15, 0.2) is 41.3 Å². The number of aromatic nitrogens is 1. The molecule has 2 atom stereocenters. The van der Waals surface area contributed by atoms with Gasteiger partial charge >= 0.3 is 0 Å². The highest BCUT2D eigenvalue weighted by Gasteiger charge is 2.29. The smallest absolute Gasteiger partial charge is 0.266 e. The summed E-state index contributed by atoms with van der Waals surface area (Å²) >= 11 is 0. The third-order valence-electron chi connectivity index (χ3n) is 6.04. The van der Waals surface area contributed by atoms with Gasteiger partial charge in [-0.25, -0.2) is 0 Å². The van der Waals surface area contributed by atoms with Crippen molar-refractivity contribution in [1.29, 1.82) is 5.26 Å². The Morgan fingerprint density at radius 2 is 2.00 bits per heavy atom. The van der Waals surface area contributed by atoms with Crippen LogP contribution in [0.2, 0.25) is 0 Å². The summed E-state index contributed by atoms with van der Waals surface area (Å²) < 4.78 is 0. The van der Waals surface area contributed by atoms with Gasteiger partial charge in [-0.1, -0.05) is 49.6 Å². The molecule has 2 N–H and O–H groups in total. The van der Waals surface area contributed by atoms with Crippen molar-refractivity contribution in [3.8, 4) is 6.07 Å². The van der Waals surface area contributed by atoms with Gasteiger partial charge in [0, 0.05) is 18.3 Å². The molecule has 1 heterocycles. The van der Waals surface area contributed by atoms with Crippen LogP contribution in [-0.4, -0.2) is 4.98 Å². The Labute approximate surface area is 154 Å². The number of H-pyrrole nitrogens is 1. The molecule has 1 aromatic heterocycles. The number of nitrogens with zero attached hydrogens (tertiary/aromatic N) is 1. The topological polar surface area (TPSA) is 68.7 Å². The summed E-state index contributed by atoms with van der Waals surface area (Å²) in [6.45, 7) is 0. The Bertz CT molecular complexity index is 861. The van der Waals surface area contributed by atoms with Crippen molar-refractivity contribution in [2.45, 2.75) is 57.0 Å². The lowest BCUT2D eigenvalue weighted by molar-refractivity contribution is 0.247. The molecule has 0 spiro atoms. The van der Waals surface area contributed by atoms with E-state index in [0.29, 0.717) is 11.6 Å². The minimum absolute atomic E-state index is 0.188. The van der Waals surface area contributed by atoms with Crippen molar-refractivity contribution in [3.05, 3.63) is 69.1 Å². The van der Waals surface area contributed by atoms with Gasteiger partial charge in [-0.15, -0.1) is 0 Å². The summed E-state index contributed by atoms with van der Waals surface area (Å²) in [5.74, 6) is 0.806. The normalized spacial score (nSPS) is 20.7. The number of hydrogen-bond donors (Lipinski definition) is 2. The zero-order valence-corrected chi connectivity index (χ0v) is 15.0. The number of fused-ring (bicyclic) bond motifs is 1. The van der Waals surface area contributed by atoms with Gasteiger partial charge < -0.3 is 10.3 Å². The quantitative estimate of drug-likeness (QED) is 0.854. The minimum atomic E-state index is -0.263. The molecule has 1 aromatic carbocycles. The lowest BCUT2D eigenvalue weighted by atomic mass is 9.79. The molecule has 0 saturated heterocycles. The average Bonchev–Trinajstić information content (AvgIpc) is 2.64. The lowest BCUT2D eigenvalue weighted by Crippen LogP contribution is -2.33. The van der Waals surface area contributed by atoms with E-state index in [4.69, 9.17) is 0 Å². The predicted molar refractivity (Wildman–Crippen MR) is 102 cm³/mol. The fourth-order valence-electron chi connectivity index (χ4n) is 4.38. The van der Waals surface area contributed by atoms with Crippen LogP contribution in [0.3, 0.4) is 0 Å². The molecule has 4 heteroatoms. The lowest BCUT2D eigenvalue weighted by Gasteiger charge is -2.35. The van der Waals surface area contributed by atoms with Crippen molar-refractivity contribution in [3.63, 3.8) is 0 Å². The van der Waals surface area contributed by atoms with E-state index in [1.54, 1.807) is 0 Å². The molecule has 0 radical (unpaired) electrons. The molecule has 0 bridgehead atoms. The zero-order valence-electron chi connectivity index (χ0n) is 15.0.